The molecule has 2 aromatic rings. The molecule has 474 valence electrons. The Hall–Kier alpha value is -7.22. The van der Waals surface area contributed by atoms with Crippen LogP contribution in [0, 0.1) is 29.6 Å². The molecule has 2 heterocycles. The molecule has 2 aromatic carbocycles. The number of carbonyl (C=O) groups excluding carboxylic acids is 4. The van der Waals surface area contributed by atoms with Gasteiger partial charge in [-0.1, -0.05) is 81.9 Å². The first kappa shape index (κ1) is 71.3. The maximum Gasteiger partial charge on any atom is 0.405 e. The standard InChI is InChI=1S/C63H91N7O16/c1-34-26-42-53(46(71)32-44(57(42)75)68-60(77)36(3)18-14-20-48(81-10)52(62(79)86-65)38(5)30-39(6)55(73)50(28-34)83-12)66-22-16-24-70(9)25-17-23-67-54-43-27-35(2)29-51(84-13)56(74)40(7)31-41(8)59(85-63(64)80)49(82-11)21-15-19-37(4)61(78)69-45(58(43)76)33-47(54)72/h14-15,18-23,30-35,39-40,48-52,55-56,59,71-76H,16-17,24-29,65H2,1-13H3,(H2,64,80)(H,68,77)(H,69,78). The van der Waals surface area contributed by atoms with Crippen LogP contribution in [0.1, 0.15) is 92.2 Å². The number of aromatic hydroxyl groups is 4. The Morgan fingerprint density at radius 1 is 0.674 bits per heavy atom. The summed E-state index contributed by atoms with van der Waals surface area (Å²) < 4.78 is 28.3. The Labute approximate surface area is 504 Å². The number of allylic oxidation sites excluding steroid dienone is 4. The van der Waals surface area contributed by atoms with Gasteiger partial charge < -0.3 is 80.4 Å². The molecule has 2 aliphatic rings. The smallest absolute Gasteiger partial charge is 0.405 e. The second-order valence-electron chi connectivity index (χ2n) is 22.5. The Morgan fingerprint density at radius 3 is 1.49 bits per heavy atom. The lowest BCUT2D eigenvalue weighted by molar-refractivity contribution is -0.151. The van der Waals surface area contributed by atoms with Gasteiger partial charge in [0, 0.05) is 100 Å². The molecule has 12 N–H and O–H groups in total. The molecule has 0 spiro atoms. The summed E-state index contributed by atoms with van der Waals surface area (Å²) in [5.41, 5.74) is 7.54. The van der Waals surface area contributed by atoms with Crippen molar-refractivity contribution in [3.63, 3.8) is 0 Å². The van der Waals surface area contributed by atoms with Gasteiger partial charge in [-0.15, -0.1) is 0 Å². The van der Waals surface area contributed by atoms with E-state index in [9.17, 15) is 49.8 Å². The lowest BCUT2D eigenvalue weighted by atomic mass is 9.86. The summed E-state index contributed by atoms with van der Waals surface area (Å²) in [5, 5.41) is 75.2. The van der Waals surface area contributed by atoms with E-state index in [0.717, 1.165) is 0 Å². The number of aliphatic hydroxyl groups excluding tert-OH is 2. The zero-order valence-electron chi connectivity index (χ0n) is 51.8. The van der Waals surface area contributed by atoms with E-state index in [2.05, 4.69) is 25.5 Å². The number of carbonyl (C=O) groups is 4. The number of amides is 3. The van der Waals surface area contributed by atoms with Gasteiger partial charge >= 0.3 is 12.1 Å². The van der Waals surface area contributed by atoms with E-state index in [-0.39, 0.29) is 99.1 Å². The van der Waals surface area contributed by atoms with Crippen molar-refractivity contribution in [3.8, 4) is 23.0 Å². The van der Waals surface area contributed by atoms with Crippen LogP contribution in [0.3, 0.4) is 0 Å². The molecule has 23 nitrogen and oxygen atoms in total. The topological polar surface area (TPSA) is 349 Å². The second kappa shape index (κ2) is 34.2. The summed E-state index contributed by atoms with van der Waals surface area (Å²) >= 11 is 0. The summed E-state index contributed by atoms with van der Waals surface area (Å²) in [7, 11) is 7.68. The molecular weight excluding hydrogens is 1110 g/mol. The molecule has 4 rings (SSSR count). The quantitative estimate of drug-likeness (QED) is 0.0283. The van der Waals surface area contributed by atoms with Crippen LogP contribution in [0.25, 0.3) is 0 Å². The maximum atomic E-state index is 13.5. The molecule has 12 atom stereocenters. The molecule has 0 saturated heterocycles. The largest absolute Gasteiger partial charge is 0.506 e. The highest BCUT2D eigenvalue weighted by atomic mass is 16.7. The number of primary amides is 1. The lowest BCUT2D eigenvalue weighted by Gasteiger charge is -2.29. The predicted molar refractivity (Wildman–Crippen MR) is 330 cm³/mol. The number of hydrogen-bond donors (Lipinski definition) is 10. The van der Waals surface area contributed by atoms with Crippen molar-refractivity contribution in [2.45, 2.75) is 137 Å². The number of phenolic OH excluding ortho intramolecular Hbond substituents is 4. The minimum atomic E-state index is -1.05. The molecule has 23 heteroatoms. The molecule has 12 unspecified atom stereocenters. The summed E-state index contributed by atoms with van der Waals surface area (Å²) in [6.07, 6.45) is 10.4. The van der Waals surface area contributed by atoms with Gasteiger partial charge in [0.2, 0.25) is 0 Å². The number of anilines is 2. The van der Waals surface area contributed by atoms with Crippen molar-refractivity contribution in [1.82, 2.24) is 4.90 Å². The van der Waals surface area contributed by atoms with Crippen LogP contribution < -0.4 is 22.3 Å². The number of phenols is 4. The number of rotatable bonds is 14. The van der Waals surface area contributed by atoms with E-state index in [0.29, 0.717) is 43.5 Å². The molecule has 2 aliphatic heterocycles. The molecule has 0 aromatic heterocycles. The second-order valence-corrected chi connectivity index (χ2v) is 22.5. The summed E-state index contributed by atoms with van der Waals surface area (Å²) in [4.78, 5) is 67.9. The summed E-state index contributed by atoms with van der Waals surface area (Å²) in [5.74, 6) is -0.424. The fraction of sp³-hybridized carbons (Fsp3) is 0.524. The van der Waals surface area contributed by atoms with Gasteiger partial charge in [0.15, 0.2) is 6.10 Å². The number of hydrogen-bond acceptors (Lipinski definition) is 20. The molecule has 4 bridgehead atoms. The highest BCUT2D eigenvalue weighted by molar-refractivity contribution is 6.05. The Kier molecular flexibility index (Phi) is 28.3. The first-order valence-electron chi connectivity index (χ1n) is 28.6. The SMILES string of the molecule is COC1C=CC=C(C)C(=O)Nc2cc(O)c(N=CCCN(C)CCC=Nc3c(O)cc4c(O)c3CC(C)CC(OC)C(O)C(C)C=C(C)C(C(=O)ON)C(OC)C=CC=C(C)C(=O)N4)c(c2O)CC(C)CC(OC)C(O)C(C)C=C(C)C1OC(N)=O. The number of nitrogens with zero attached hydrogens (tertiary/aromatic N) is 3. The highest BCUT2D eigenvalue weighted by Gasteiger charge is 2.34. The Bertz CT molecular complexity index is 2920. The zero-order valence-corrected chi connectivity index (χ0v) is 51.8. The van der Waals surface area contributed by atoms with Crippen LogP contribution in [-0.2, 0) is 55.7 Å². The minimum absolute atomic E-state index is 0.0546. The van der Waals surface area contributed by atoms with E-state index in [1.54, 1.807) is 84.4 Å². The van der Waals surface area contributed by atoms with E-state index in [1.165, 1.54) is 58.8 Å². The minimum Gasteiger partial charge on any atom is -0.506 e. The van der Waals surface area contributed by atoms with E-state index < -0.39 is 84.4 Å². The lowest BCUT2D eigenvalue weighted by Crippen LogP contribution is -2.37. The fourth-order valence-electron chi connectivity index (χ4n) is 10.6. The van der Waals surface area contributed by atoms with Crippen LogP contribution in [0.4, 0.5) is 27.5 Å². The molecule has 0 saturated carbocycles. The number of aliphatic imine (C=N–C) groups is 2. The van der Waals surface area contributed by atoms with Gasteiger partial charge in [-0.2, -0.15) is 5.90 Å². The zero-order chi connectivity index (χ0) is 64.1. The average molecular weight is 1200 g/mol. The van der Waals surface area contributed by atoms with Crippen molar-refractivity contribution in [2.24, 2.45) is 51.2 Å². The van der Waals surface area contributed by atoms with Crippen molar-refractivity contribution >= 4 is 59.1 Å². The summed E-state index contributed by atoms with van der Waals surface area (Å²) in [6.45, 7) is 14.9. The van der Waals surface area contributed by atoms with Crippen molar-refractivity contribution < 1.29 is 78.3 Å². The van der Waals surface area contributed by atoms with Crippen LogP contribution >= 0.6 is 0 Å². The van der Waals surface area contributed by atoms with Gasteiger partial charge in [-0.05, 0) is 90.7 Å². The van der Waals surface area contributed by atoms with Crippen LogP contribution in [0.2, 0.25) is 0 Å². The van der Waals surface area contributed by atoms with Crippen LogP contribution in [0.5, 0.6) is 23.0 Å². The number of methoxy groups -OCH3 is 4. The van der Waals surface area contributed by atoms with Crippen molar-refractivity contribution in [1.29, 1.82) is 0 Å². The number of ether oxygens (including phenoxy) is 5. The van der Waals surface area contributed by atoms with Crippen LogP contribution in [0.15, 0.2) is 93.0 Å². The molecule has 0 fully saturated rings. The third-order valence-electron chi connectivity index (χ3n) is 15.5. The van der Waals surface area contributed by atoms with Gasteiger partial charge in [0.25, 0.3) is 11.8 Å². The number of nitrogens with two attached hydrogens (primary N) is 2. The third-order valence-corrected chi connectivity index (χ3v) is 15.5. The number of benzene rings is 2. The summed E-state index contributed by atoms with van der Waals surface area (Å²) in [6, 6.07) is 2.45. The first-order chi connectivity index (χ1) is 40.7. The van der Waals surface area contributed by atoms with E-state index in [4.69, 9.17) is 35.3 Å². The number of aliphatic hydroxyl groups is 2. The van der Waals surface area contributed by atoms with Crippen molar-refractivity contribution in [3.05, 3.63) is 94.2 Å². The van der Waals surface area contributed by atoms with Gasteiger partial charge in [0.1, 0.15) is 46.4 Å². The highest BCUT2D eigenvalue weighted by Crippen LogP contribution is 2.46. The Balaban J connectivity index is 1.60. The number of nitrogens with one attached hydrogen (secondary N) is 2. The number of fused-ring (bicyclic) bond motifs is 4. The fourth-order valence-corrected chi connectivity index (χ4v) is 10.6. The molecule has 0 radical (unpaired) electrons. The molecule has 0 aliphatic carbocycles. The van der Waals surface area contributed by atoms with E-state index >= 15 is 0 Å². The van der Waals surface area contributed by atoms with Crippen LogP contribution in [-0.4, -0.2) is 163 Å². The maximum absolute atomic E-state index is 13.5. The van der Waals surface area contributed by atoms with Crippen molar-refractivity contribution in [2.75, 3.05) is 59.2 Å². The van der Waals surface area contributed by atoms with Gasteiger partial charge in [0.05, 0.1) is 41.9 Å². The average Bonchev–Trinajstić information content (AvgIpc) is 1.89. The molecule has 86 heavy (non-hydrogen) atoms. The molecule has 3 amide bonds. The monoisotopic (exact) mass is 1200 g/mol. The first-order valence-corrected chi connectivity index (χ1v) is 28.6. The molecular formula is C63H91N7O16. The predicted octanol–water partition coefficient (Wildman–Crippen LogP) is 7.82. The van der Waals surface area contributed by atoms with Gasteiger partial charge in [-0.25, -0.2) is 9.59 Å². The van der Waals surface area contributed by atoms with Gasteiger partial charge in [-0.3, -0.25) is 19.6 Å². The van der Waals surface area contributed by atoms with E-state index in [1.807, 2.05) is 25.8 Å². The normalized spacial score (nSPS) is 26.4. The third kappa shape index (κ3) is 19.9. The Morgan fingerprint density at radius 2 is 1.09 bits per heavy atom.